The predicted molar refractivity (Wildman–Crippen MR) is 72.5 cm³/mol. The number of hydrogen-bond donors (Lipinski definition) is 1. The molecule has 2 heteroatoms. The van der Waals surface area contributed by atoms with Gasteiger partial charge in [-0.25, -0.2) is 0 Å². The lowest BCUT2D eigenvalue weighted by Crippen LogP contribution is -2.22. The second kappa shape index (κ2) is 5.54. The first-order valence-electron chi connectivity index (χ1n) is 6.78. The fraction of sp³-hybridized carbons (Fsp3) is 0.600. The molecule has 0 radical (unpaired) electrons. The van der Waals surface area contributed by atoms with Crippen molar-refractivity contribution in [3.63, 3.8) is 0 Å². The molecular formula is C15H23NO. The first kappa shape index (κ1) is 12.4. The van der Waals surface area contributed by atoms with Crippen molar-refractivity contribution in [3.05, 3.63) is 29.3 Å². The third-order valence-corrected chi connectivity index (χ3v) is 3.63. The molecule has 1 aromatic rings. The van der Waals surface area contributed by atoms with Gasteiger partial charge in [0, 0.05) is 24.7 Å². The molecule has 0 spiro atoms. The second-order valence-electron chi connectivity index (χ2n) is 4.98. The van der Waals surface area contributed by atoms with E-state index in [-0.39, 0.29) is 6.61 Å². The largest absolute Gasteiger partial charge is 0.392 e. The highest BCUT2D eigenvalue weighted by molar-refractivity contribution is 5.61. The normalized spacial score (nSPS) is 18.5. The van der Waals surface area contributed by atoms with Crippen LogP contribution in [0.3, 0.4) is 0 Å². The van der Waals surface area contributed by atoms with Crippen LogP contribution in [0.5, 0.6) is 0 Å². The summed E-state index contributed by atoms with van der Waals surface area (Å²) in [7, 11) is 0. The Hall–Kier alpha value is -1.02. The molecule has 2 nitrogen and oxygen atoms in total. The van der Waals surface area contributed by atoms with Gasteiger partial charge in [0.25, 0.3) is 0 Å². The molecule has 17 heavy (non-hydrogen) atoms. The number of anilines is 1. The van der Waals surface area contributed by atoms with Crippen LogP contribution >= 0.6 is 0 Å². The summed E-state index contributed by atoms with van der Waals surface area (Å²) in [4.78, 5) is 2.50. The van der Waals surface area contributed by atoms with Gasteiger partial charge in [0.2, 0.25) is 0 Å². The number of aliphatic hydroxyl groups excluding tert-OH is 1. The van der Waals surface area contributed by atoms with Crippen LogP contribution in [0.4, 0.5) is 5.69 Å². The Kier molecular flexibility index (Phi) is 4.06. The molecule has 1 aliphatic rings. The molecule has 2 rings (SSSR count). The van der Waals surface area contributed by atoms with Crippen molar-refractivity contribution < 1.29 is 5.11 Å². The lowest BCUT2D eigenvalue weighted by molar-refractivity contribution is 0.281. The highest BCUT2D eigenvalue weighted by atomic mass is 16.3. The Labute approximate surface area is 104 Å². The average Bonchev–Trinajstić information content (AvgIpc) is 2.68. The third kappa shape index (κ3) is 2.47. The Bertz CT molecular complexity index is 375. The van der Waals surface area contributed by atoms with Crippen LogP contribution in [-0.2, 0) is 6.61 Å². The van der Waals surface area contributed by atoms with E-state index in [9.17, 15) is 5.11 Å². The molecule has 1 heterocycles. The topological polar surface area (TPSA) is 23.5 Å². The first-order chi connectivity index (χ1) is 8.30. The van der Waals surface area contributed by atoms with Crippen LogP contribution in [0.2, 0.25) is 0 Å². The zero-order valence-electron chi connectivity index (χ0n) is 10.9. The van der Waals surface area contributed by atoms with E-state index in [1.807, 2.05) is 0 Å². The van der Waals surface area contributed by atoms with Gasteiger partial charge in [-0.3, -0.25) is 0 Å². The van der Waals surface area contributed by atoms with Crippen LogP contribution in [0, 0.1) is 0 Å². The smallest absolute Gasteiger partial charge is 0.0681 e. The Morgan fingerprint density at radius 3 is 2.76 bits per heavy atom. The summed E-state index contributed by atoms with van der Waals surface area (Å²) >= 11 is 0. The van der Waals surface area contributed by atoms with Crippen LogP contribution < -0.4 is 4.90 Å². The predicted octanol–water partition coefficient (Wildman–Crippen LogP) is 3.29. The summed E-state index contributed by atoms with van der Waals surface area (Å²) in [6, 6.07) is 6.44. The van der Waals surface area contributed by atoms with Crippen molar-refractivity contribution in [3.8, 4) is 0 Å². The van der Waals surface area contributed by atoms with E-state index in [4.69, 9.17) is 0 Å². The maximum Gasteiger partial charge on any atom is 0.0681 e. The van der Waals surface area contributed by atoms with Gasteiger partial charge in [-0.05, 0) is 30.0 Å². The van der Waals surface area contributed by atoms with E-state index >= 15 is 0 Å². The Morgan fingerprint density at radius 1 is 1.29 bits per heavy atom. The summed E-state index contributed by atoms with van der Waals surface area (Å²) in [5, 5.41) is 9.24. The van der Waals surface area contributed by atoms with E-state index in [1.165, 1.54) is 30.5 Å². The zero-order chi connectivity index (χ0) is 12.3. The molecule has 0 amide bonds. The number of aliphatic hydroxyl groups is 1. The number of rotatable bonds is 5. The van der Waals surface area contributed by atoms with Crippen LogP contribution in [0.25, 0.3) is 0 Å². The number of nitrogens with zero attached hydrogens (tertiary/aromatic N) is 1. The van der Waals surface area contributed by atoms with Gasteiger partial charge >= 0.3 is 0 Å². The number of fused-ring (bicyclic) bond motifs is 1. The second-order valence-corrected chi connectivity index (χ2v) is 4.98. The van der Waals surface area contributed by atoms with Gasteiger partial charge in [-0.2, -0.15) is 0 Å². The molecule has 1 aliphatic heterocycles. The van der Waals surface area contributed by atoms with E-state index in [0.717, 1.165) is 18.7 Å². The summed E-state index contributed by atoms with van der Waals surface area (Å²) in [6.45, 7) is 6.93. The number of hydrogen-bond acceptors (Lipinski definition) is 2. The quantitative estimate of drug-likeness (QED) is 0.843. The molecular weight excluding hydrogens is 210 g/mol. The maximum absolute atomic E-state index is 9.24. The monoisotopic (exact) mass is 233 g/mol. The number of benzene rings is 1. The van der Waals surface area contributed by atoms with E-state index < -0.39 is 0 Å². The van der Waals surface area contributed by atoms with E-state index in [1.54, 1.807) is 0 Å². The van der Waals surface area contributed by atoms with Crippen LogP contribution in [0.1, 0.15) is 50.2 Å². The van der Waals surface area contributed by atoms with Crippen molar-refractivity contribution in [2.24, 2.45) is 0 Å². The van der Waals surface area contributed by atoms with E-state index in [0.29, 0.717) is 5.92 Å². The van der Waals surface area contributed by atoms with Gasteiger partial charge in [0.1, 0.15) is 0 Å². The standard InChI is InChI=1S/C15H23NO/c1-3-5-13-10-16(8-4-2)15-7-6-12(11-17)9-14(13)15/h6-7,9,13,17H,3-5,8,10-11H2,1-2H3. The lowest BCUT2D eigenvalue weighted by atomic mass is 9.95. The zero-order valence-corrected chi connectivity index (χ0v) is 10.9. The van der Waals surface area contributed by atoms with E-state index in [2.05, 4.69) is 36.9 Å². The Balaban J connectivity index is 2.29. The molecule has 1 atom stereocenters. The SMILES string of the molecule is CCCC1CN(CCC)c2ccc(CO)cc21. The lowest BCUT2D eigenvalue weighted by Gasteiger charge is -2.18. The summed E-state index contributed by atoms with van der Waals surface area (Å²) in [6.07, 6.45) is 3.68. The molecule has 0 bridgehead atoms. The van der Waals surface area contributed by atoms with Crippen LogP contribution in [0.15, 0.2) is 18.2 Å². The maximum atomic E-state index is 9.24. The highest BCUT2D eigenvalue weighted by Gasteiger charge is 2.27. The van der Waals surface area contributed by atoms with Crippen molar-refractivity contribution in [2.45, 2.75) is 45.6 Å². The van der Waals surface area contributed by atoms with Gasteiger partial charge in [0.15, 0.2) is 0 Å². The fourth-order valence-electron chi connectivity index (χ4n) is 2.86. The average molecular weight is 233 g/mol. The minimum atomic E-state index is 0.153. The minimum absolute atomic E-state index is 0.153. The molecule has 0 aromatic heterocycles. The molecule has 1 unspecified atom stereocenters. The van der Waals surface area contributed by atoms with Crippen molar-refractivity contribution in [2.75, 3.05) is 18.0 Å². The van der Waals surface area contributed by atoms with Gasteiger partial charge in [-0.15, -0.1) is 0 Å². The molecule has 94 valence electrons. The first-order valence-corrected chi connectivity index (χ1v) is 6.78. The molecule has 1 N–H and O–H groups in total. The Morgan fingerprint density at radius 2 is 2.12 bits per heavy atom. The van der Waals surface area contributed by atoms with Crippen molar-refractivity contribution >= 4 is 5.69 Å². The fourth-order valence-corrected chi connectivity index (χ4v) is 2.86. The third-order valence-electron chi connectivity index (χ3n) is 3.63. The van der Waals surface area contributed by atoms with Gasteiger partial charge < -0.3 is 10.0 Å². The molecule has 0 fully saturated rings. The molecule has 1 aromatic carbocycles. The van der Waals surface area contributed by atoms with Gasteiger partial charge in [0.05, 0.1) is 6.61 Å². The summed E-state index contributed by atoms with van der Waals surface area (Å²) in [5.74, 6) is 0.660. The summed E-state index contributed by atoms with van der Waals surface area (Å²) in [5.41, 5.74) is 3.89. The van der Waals surface area contributed by atoms with Crippen molar-refractivity contribution in [1.29, 1.82) is 0 Å². The summed E-state index contributed by atoms with van der Waals surface area (Å²) < 4.78 is 0. The van der Waals surface area contributed by atoms with Gasteiger partial charge in [-0.1, -0.05) is 32.4 Å². The highest BCUT2D eigenvalue weighted by Crippen LogP contribution is 2.39. The molecule has 0 saturated carbocycles. The van der Waals surface area contributed by atoms with Crippen LogP contribution in [-0.4, -0.2) is 18.2 Å². The molecule has 0 saturated heterocycles. The molecule has 0 aliphatic carbocycles. The van der Waals surface area contributed by atoms with Crippen molar-refractivity contribution in [1.82, 2.24) is 0 Å². The minimum Gasteiger partial charge on any atom is -0.392 e.